The molecule has 88 valence electrons. The van der Waals surface area contributed by atoms with Crippen molar-refractivity contribution < 1.29 is 4.79 Å². The minimum absolute atomic E-state index is 0.204. The fourth-order valence-corrected chi connectivity index (χ4v) is 2.22. The van der Waals surface area contributed by atoms with E-state index >= 15 is 0 Å². The van der Waals surface area contributed by atoms with Crippen LogP contribution in [0.4, 0.5) is 5.13 Å². The molecule has 1 aromatic heterocycles. The Kier molecular flexibility index (Phi) is 3.77. The third-order valence-electron chi connectivity index (χ3n) is 2.56. The lowest BCUT2D eigenvalue weighted by atomic mass is 10.4. The number of nitrogens with one attached hydrogen (secondary N) is 2. The molecule has 0 spiro atoms. The van der Waals surface area contributed by atoms with E-state index in [0.717, 1.165) is 36.6 Å². The molecule has 1 heterocycles. The molecule has 0 saturated heterocycles. The first kappa shape index (κ1) is 11.4. The number of aromatic nitrogens is 1. The quantitative estimate of drug-likeness (QED) is 0.742. The van der Waals surface area contributed by atoms with Crippen LogP contribution in [0.15, 0.2) is 5.38 Å². The summed E-state index contributed by atoms with van der Waals surface area (Å²) >= 11 is 1.62. The second kappa shape index (κ2) is 5.30. The van der Waals surface area contributed by atoms with Gasteiger partial charge in [-0.1, -0.05) is 6.92 Å². The van der Waals surface area contributed by atoms with E-state index in [9.17, 15) is 4.79 Å². The number of carbonyl (C=O) groups is 1. The topological polar surface area (TPSA) is 54.0 Å². The lowest BCUT2D eigenvalue weighted by molar-refractivity contribution is -0.122. The predicted octanol–water partition coefficient (Wildman–Crippen LogP) is 1.64. The molecule has 1 aliphatic carbocycles. The van der Waals surface area contributed by atoms with Crippen molar-refractivity contribution >= 4 is 22.4 Å². The van der Waals surface area contributed by atoms with E-state index in [1.54, 1.807) is 11.3 Å². The monoisotopic (exact) mass is 239 g/mol. The molecule has 0 bridgehead atoms. The second-order valence-electron chi connectivity index (χ2n) is 3.99. The maximum absolute atomic E-state index is 11.3. The van der Waals surface area contributed by atoms with Gasteiger partial charge in [-0.15, -0.1) is 11.3 Å². The van der Waals surface area contributed by atoms with Gasteiger partial charge in [-0.05, 0) is 19.3 Å². The van der Waals surface area contributed by atoms with Gasteiger partial charge in [-0.2, -0.15) is 0 Å². The van der Waals surface area contributed by atoms with Gasteiger partial charge in [0, 0.05) is 24.4 Å². The van der Waals surface area contributed by atoms with Crippen molar-refractivity contribution in [3.63, 3.8) is 0 Å². The Hall–Kier alpha value is -1.10. The van der Waals surface area contributed by atoms with Crippen molar-refractivity contribution in [1.29, 1.82) is 0 Å². The Bertz CT molecular complexity index is 360. The molecule has 1 amide bonds. The van der Waals surface area contributed by atoms with Crippen LogP contribution >= 0.6 is 11.3 Å². The van der Waals surface area contributed by atoms with Crippen molar-refractivity contribution in [2.75, 3.05) is 18.4 Å². The number of thiazole rings is 1. The summed E-state index contributed by atoms with van der Waals surface area (Å²) in [5.41, 5.74) is 1.12. The average Bonchev–Trinajstić information content (AvgIpc) is 3.04. The van der Waals surface area contributed by atoms with E-state index in [1.165, 1.54) is 0 Å². The molecule has 0 atom stereocenters. The zero-order valence-corrected chi connectivity index (χ0v) is 10.3. The van der Waals surface area contributed by atoms with Crippen LogP contribution in [-0.2, 0) is 11.2 Å². The van der Waals surface area contributed by atoms with E-state index < -0.39 is 0 Å². The Morgan fingerprint density at radius 1 is 1.56 bits per heavy atom. The molecule has 16 heavy (non-hydrogen) atoms. The van der Waals surface area contributed by atoms with Crippen LogP contribution < -0.4 is 10.6 Å². The van der Waals surface area contributed by atoms with Crippen LogP contribution in [-0.4, -0.2) is 24.0 Å². The minimum Gasteiger partial charge on any atom is -0.360 e. The largest absolute Gasteiger partial charge is 0.360 e. The Labute approximate surface area is 99.5 Å². The van der Waals surface area contributed by atoms with E-state index in [1.807, 2.05) is 0 Å². The van der Waals surface area contributed by atoms with E-state index in [0.29, 0.717) is 12.5 Å². The summed E-state index contributed by atoms with van der Waals surface area (Å²) < 4.78 is 0. The first-order valence-electron chi connectivity index (χ1n) is 5.75. The number of aryl methyl sites for hydroxylation is 1. The van der Waals surface area contributed by atoms with Crippen molar-refractivity contribution in [3.05, 3.63) is 11.1 Å². The van der Waals surface area contributed by atoms with Gasteiger partial charge < -0.3 is 10.6 Å². The smallest absolute Gasteiger partial charge is 0.223 e. The molecule has 1 saturated carbocycles. The van der Waals surface area contributed by atoms with Gasteiger partial charge in [0.25, 0.3) is 0 Å². The number of amides is 1. The van der Waals surface area contributed by atoms with Crippen LogP contribution in [0.2, 0.25) is 0 Å². The lowest BCUT2D eigenvalue weighted by Gasteiger charge is -2.04. The summed E-state index contributed by atoms with van der Waals surface area (Å²) in [6.45, 7) is 3.51. The Balaban J connectivity index is 1.61. The van der Waals surface area contributed by atoms with Gasteiger partial charge in [0.1, 0.15) is 0 Å². The van der Waals surface area contributed by atoms with Crippen molar-refractivity contribution in [1.82, 2.24) is 10.3 Å². The second-order valence-corrected chi connectivity index (χ2v) is 4.85. The number of hydrogen-bond acceptors (Lipinski definition) is 4. The Morgan fingerprint density at radius 2 is 2.38 bits per heavy atom. The molecule has 5 heteroatoms. The van der Waals surface area contributed by atoms with Gasteiger partial charge in [-0.3, -0.25) is 4.79 Å². The number of hydrogen-bond donors (Lipinski definition) is 2. The Morgan fingerprint density at radius 3 is 3.00 bits per heavy atom. The third-order valence-corrected chi connectivity index (χ3v) is 3.41. The van der Waals surface area contributed by atoms with Gasteiger partial charge >= 0.3 is 0 Å². The van der Waals surface area contributed by atoms with E-state index in [4.69, 9.17) is 0 Å². The highest BCUT2D eigenvalue weighted by Gasteiger charge is 2.28. The van der Waals surface area contributed by atoms with Gasteiger partial charge in [0.05, 0.1) is 5.69 Å². The summed E-state index contributed by atoms with van der Waals surface area (Å²) in [5, 5.41) is 9.12. The van der Waals surface area contributed by atoms with E-state index in [-0.39, 0.29) is 5.91 Å². The molecule has 0 aliphatic heterocycles. The normalized spacial score (nSPS) is 14.8. The first-order chi connectivity index (χ1) is 7.79. The molecule has 0 unspecified atom stereocenters. The van der Waals surface area contributed by atoms with Crippen LogP contribution in [0.1, 0.15) is 25.5 Å². The highest BCUT2D eigenvalue weighted by atomic mass is 32.1. The number of carbonyl (C=O) groups excluding carboxylic acids is 1. The maximum Gasteiger partial charge on any atom is 0.223 e. The van der Waals surface area contributed by atoms with Crippen molar-refractivity contribution in [3.8, 4) is 0 Å². The lowest BCUT2D eigenvalue weighted by Crippen LogP contribution is -2.29. The highest BCUT2D eigenvalue weighted by Crippen LogP contribution is 2.28. The summed E-state index contributed by atoms with van der Waals surface area (Å²) in [6, 6.07) is 0. The molecule has 0 aromatic carbocycles. The van der Waals surface area contributed by atoms with Crippen LogP contribution in [0.3, 0.4) is 0 Å². The molecule has 1 aromatic rings. The van der Waals surface area contributed by atoms with Gasteiger partial charge in [-0.25, -0.2) is 4.98 Å². The van der Waals surface area contributed by atoms with Gasteiger partial charge in [0.2, 0.25) is 5.91 Å². The van der Waals surface area contributed by atoms with Crippen molar-refractivity contribution in [2.45, 2.75) is 26.2 Å². The summed E-state index contributed by atoms with van der Waals surface area (Å²) in [6.07, 6.45) is 3.09. The minimum atomic E-state index is 0.204. The number of rotatable bonds is 6. The zero-order valence-electron chi connectivity index (χ0n) is 9.45. The fourth-order valence-electron chi connectivity index (χ4n) is 1.40. The fraction of sp³-hybridized carbons (Fsp3) is 0.636. The first-order valence-corrected chi connectivity index (χ1v) is 6.63. The zero-order chi connectivity index (χ0) is 11.4. The van der Waals surface area contributed by atoms with Crippen molar-refractivity contribution in [2.24, 2.45) is 5.92 Å². The summed E-state index contributed by atoms with van der Waals surface area (Å²) in [5.74, 6) is 0.502. The van der Waals surface area contributed by atoms with E-state index in [2.05, 4.69) is 27.9 Å². The van der Waals surface area contributed by atoms with Crippen LogP contribution in [0, 0.1) is 5.92 Å². The van der Waals surface area contributed by atoms with Crippen LogP contribution in [0.5, 0.6) is 0 Å². The molecule has 2 N–H and O–H groups in total. The summed E-state index contributed by atoms with van der Waals surface area (Å²) in [4.78, 5) is 15.7. The number of nitrogens with zero attached hydrogens (tertiary/aromatic N) is 1. The highest BCUT2D eigenvalue weighted by molar-refractivity contribution is 7.13. The third kappa shape index (κ3) is 3.20. The molecule has 1 aliphatic rings. The van der Waals surface area contributed by atoms with Crippen LogP contribution in [0.25, 0.3) is 0 Å². The molecular weight excluding hydrogens is 222 g/mol. The SMILES string of the molecule is CCc1csc(NCCNC(=O)C2CC2)n1. The molecular formula is C11H17N3OS. The predicted molar refractivity (Wildman–Crippen MR) is 65.7 cm³/mol. The molecule has 1 fully saturated rings. The average molecular weight is 239 g/mol. The molecule has 2 rings (SSSR count). The van der Waals surface area contributed by atoms with Gasteiger partial charge in [0.15, 0.2) is 5.13 Å². The molecule has 4 nitrogen and oxygen atoms in total. The molecule has 0 radical (unpaired) electrons. The maximum atomic E-state index is 11.3. The number of anilines is 1. The summed E-state index contributed by atoms with van der Waals surface area (Å²) in [7, 11) is 0. The standard InChI is InChI=1S/C11H17N3OS/c1-2-9-7-16-11(14-9)13-6-5-12-10(15)8-3-4-8/h7-8H,2-6H2,1H3,(H,12,15)(H,13,14).